The Kier molecular flexibility index (Phi) is 1.37. The molecule has 0 spiro atoms. The van der Waals surface area contributed by atoms with E-state index < -0.39 is 0 Å². The van der Waals surface area contributed by atoms with Crippen LogP contribution in [0.15, 0.2) is 29.1 Å². The minimum absolute atomic E-state index is 0.00255. The molecular formula is C9H6NO2. The average molecular weight is 160 g/mol. The summed E-state index contributed by atoms with van der Waals surface area (Å²) in [6, 6.07) is 6.54. The van der Waals surface area contributed by atoms with Gasteiger partial charge < -0.3 is 10.1 Å². The van der Waals surface area contributed by atoms with Crippen LogP contribution in [0.5, 0.6) is 5.75 Å². The van der Waals surface area contributed by atoms with Crippen molar-refractivity contribution in [3.05, 3.63) is 40.8 Å². The molecule has 0 saturated carbocycles. The Balaban J connectivity index is 3.07. The number of pyridine rings is 1. The molecule has 0 bridgehead atoms. The van der Waals surface area contributed by atoms with Crippen LogP contribution in [0.1, 0.15) is 0 Å². The first-order valence-corrected chi connectivity index (χ1v) is 3.50. The summed E-state index contributed by atoms with van der Waals surface area (Å²) in [5.41, 5.74) is -0.314. The maximum atomic E-state index is 11.2. The average Bonchev–Trinajstić information content (AvgIpc) is 2.04. The zero-order chi connectivity index (χ0) is 8.55. The molecule has 0 atom stereocenters. The van der Waals surface area contributed by atoms with E-state index >= 15 is 0 Å². The van der Waals surface area contributed by atoms with Crippen molar-refractivity contribution in [1.29, 1.82) is 0 Å². The molecule has 1 aromatic carbocycles. The normalized spacial score (nSPS) is 10.3. The Morgan fingerprint density at radius 3 is 3.00 bits per heavy atom. The Morgan fingerprint density at radius 1 is 1.42 bits per heavy atom. The van der Waals surface area contributed by atoms with E-state index in [1.807, 2.05) is 0 Å². The molecule has 3 nitrogen and oxygen atoms in total. The Labute approximate surface area is 68.3 Å². The summed E-state index contributed by atoms with van der Waals surface area (Å²) in [5, 5.41) is 10.3. The second kappa shape index (κ2) is 2.37. The second-order valence-electron chi connectivity index (χ2n) is 2.48. The highest BCUT2D eigenvalue weighted by molar-refractivity contribution is 5.86. The molecule has 0 unspecified atom stereocenters. The van der Waals surface area contributed by atoms with Crippen molar-refractivity contribution < 1.29 is 5.11 Å². The number of hydrogen-bond acceptors (Lipinski definition) is 2. The SMILES string of the molecule is O=c1[nH][c]cc2cccc(O)c12. The van der Waals surface area contributed by atoms with Crippen LogP contribution in [-0.4, -0.2) is 10.1 Å². The van der Waals surface area contributed by atoms with Crippen molar-refractivity contribution in [3.63, 3.8) is 0 Å². The van der Waals surface area contributed by atoms with Gasteiger partial charge in [-0.25, -0.2) is 0 Å². The van der Waals surface area contributed by atoms with Crippen LogP contribution >= 0.6 is 0 Å². The zero-order valence-electron chi connectivity index (χ0n) is 6.16. The summed E-state index contributed by atoms with van der Waals surface area (Å²) < 4.78 is 0. The minimum atomic E-state index is -0.314. The largest absolute Gasteiger partial charge is 0.507 e. The van der Waals surface area contributed by atoms with E-state index in [4.69, 9.17) is 0 Å². The quantitative estimate of drug-likeness (QED) is 0.604. The fraction of sp³-hybridized carbons (Fsp3) is 0. The molecule has 0 aliphatic heterocycles. The van der Waals surface area contributed by atoms with Crippen LogP contribution in [0.2, 0.25) is 0 Å². The summed E-state index contributed by atoms with van der Waals surface area (Å²) in [5.74, 6) is 0.00255. The van der Waals surface area contributed by atoms with Gasteiger partial charge in [0.15, 0.2) is 0 Å². The van der Waals surface area contributed by atoms with Crippen LogP contribution in [-0.2, 0) is 0 Å². The van der Waals surface area contributed by atoms with E-state index in [9.17, 15) is 9.90 Å². The van der Waals surface area contributed by atoms with Crippen molar-refractivity contribution in [3.8, 4) is 5.75 Å². The molecular weight excluding hydrogens is 154 g/mol. The Morgan fingerprint density at radius 2 is 2.25 bits per heavy atom. The molecule has 1 radical (unpaired) electrons. The van der Waals surface area contributed by atoms with Gasteiger partial charge in [0.1, 0.15) is 5.75 Å². The lowest BCUT2D eigenvalue weighted by Gasteiger charge is -1.96. The van der Waals surface area contributed by atoms with E-state index in [1.54, 1.807) is 18.2 Å². The van der Waals surface area contributed by atoms with E-state index in [0.29, 0.717) is 10.8 Å². The van der Waals surface area contributed by atoms with Crippen molar-refractivity contribution >= 4 is 10.8 Å². The predicted octanol–water partition coefficient (Wildman–Crippen LogP) is 1.03. The van der Waals surface area contributed by atoms with Gasteiger partial charge >= 0.3 is 0 Å². The molecule has 0 aliphatic carbocycles. The minimum Gasteiger partial charge on any atom is -0.507 e. The highest BCUT2D eigenvalue weighted by atomic mass is 16.3. The van der Waals surface area contributed by atoms with E-state index in [1.165, 1.54) is 6.07 Å². The van der Waals surface area contributed by atoms with E-state index in [2.05, 4.69) is 11.2 Å². The fourth-order valence-corrected chi connectivity index (χ4v) is 1.17. The van der Waals surface area contributed by atoms with E-state index in [-0.39, 0.29) is 11.3 Å². The third-order valence-electron chi connectivity index (χ3n) is 1.72. The molecule has 0 saturated heterocycles. The number of aromatic nitrogens is 1. The first-order valence-electron chi connectivity index (χ1n) is 3.50. The number of aromatic hydroxyl groups is 1. The molecule has 2 aromatic rings. The third-order valence-corrected chi connectivity index (χ3v) is 1.72. The van der Waals surface area contributed by atoms with Gasteiger partial charge in [0.25, 0.3) is 5.56 Å². The lowest BCUT2D eigenvalue weighted by Crippen LogP contribution is -2.04. The van der Waals surface area contributed by atoms with Gasteiger partial charge in [-0.15, -0.1) is 0 Å². The Bertz CT molecular complexity index is 468. The number of phenolic OH excluding ortho intramolecular Hbond substituents is 1. The van der Waals surface area contributed by atoms with Crippen LogP contribution in [0.3, 0.4) is 0 Å². The molecule has 2 rings (SSSR count). The third kappa shape index (κ3) is 0.871. The van der Waals surface area contributed by atoms with Gasteiger partial charge in [0.2, 0.25) is 0 Å². The molecule has 0 amide bonds. The first kappa shape index (κ1) is 6.91. The van der Waals surface area contributed by atoms with Crippen molar-refractivity contribution in [2.24, 2.45) is 0 Å². The number of phenols is 1. The van der Waals surface area contributed by atoms with Gasteiger partial charge in [-0.3, -0.25) is 4.79 Å². The van der Waals surface area contributed by atoms with Gasteiger partial charge in [0.05, 0.1) is 11.6 Å². The number of rotatable bonds is 0. The van der Waals surface area contributed by atoms with Crippen molar-refractivity contribution in [1.82, 2.24) is 4.98 Å². The molecule has 1 aromatic heterocycles. The predicted molar refractivity (Wildman–Crippen MR) is 45.1 cm³/mol. The monoisotopic (exact) mass is 160 g/mol. The molecule has 12 heavy (non-hydrogen) atoms. The van der Waals surface area contributed by atoms with Gasteiger partial charge in [-0.1, -0.05) is 12.1 Å². The first-order chi connectivity index (χ1) is 5.79. The number of H-pyrrole nitrogens is 1. The molecule has 3 heteroatoms. The van der Waals surface area contributed by atoms with Crippen molar-refractivity contribution in [2.45, 2.75) is 0 Å². The standard InChI is InChI=1S/C9H6NO2/c11-7-3-1-2-6-4-5-10-9(12)8(6)7/h1-4,11H,(H,10,12). The Hall–Kier alpha value is -1.77. The molecule has 0 aliphatic rings. The maximum Gasteiger partial charge on any atom is 0.260 e. The maximum absolute atomic E-state index is 11.2. The van der Waals surface area contributed by atoms with Gasteiger partial charge in [0, 0.05) is 0 Å². The van der Waals surface area contributed by atoms with Crippen LogP contribution < -0.4 is 5.56 Å². The zero-order valence-corrected chi connectivity index (χ0v) is 6.16. The van der Waals surface area contributed by atoms with Crippen LogP contribution in [0, 0.1) is 6.20 Å². The fourth-order valence-electron chi connectivity index (χ4n) is 1.17. The molecule has 59 valence electrons. The number of hydrogen-bond donors (Lipinski definition) is 2. The van der Waals surface area contributed by atoms with Gasteiger partial charge in [-0.2, -0.15) is 0 Å². The summed E-state index contributed by atoms with van der Waals surface area (Å²) in [6.45, 7) is 0. The lowest BCUT2D eigenvalue weighted by molar-refractivity contribution is 0.481. The summed E-state index contributed by atoms with van der Waals surface area (Å²) in [6.07, 6.45) is 2.58. The molecule has 1 heterocycles. The van der Waals surface area contributed by atoms with E-state index in [0.717, 1.165) is 0 Å². The van der Waals surface area contributed by atoms with Crippen LogP contribution in [0.4, 0.5) is 0 Å². The topological polar surface area (TPSA) is 53.1 Å². The molecule has 0 fully saturated rings. The highest BCUT2D eigenvalue weighted by Crippen LogP contribution is 2.18. The second-order valence-corrected chi connectivity index (χ2v) is 2.48. The van der Waals surface area contributed by atoms with Gasteiger partial charge in [-0.05, 0) is 17.5 Å². The van der Waals surface area contributed by atoms with Crippen molar-refractivity contribution in [2.75, 3.05) is 0 Å². The summed E-state index contributed by atoms with van der Waals surface area (Å²) in [7, 11) is 0. The highest BCUT2D eigenvalue weighted by Gasteiger charge is 2.01. The smallest absolute Gasteiger partial charge is 0.260 e. The van der Waals surface area contributed by atoms with Crippen LogP contribution in [0.25, 0.3) is 10.8 Å². The number of benzene rings is 1. The summed E-state index contributed by atoms with van der Waals surface area (Å²) in [4.78, 5) is 13.5. The number of aromatic amines is 1. The molecule has 2 N–H and O–H groups in total. The lowest BCUT2D eigenvalue weighted by atomic mass is 10.1. The summed E-state index contributed by atoms with van der Waals surface area (Å²) >= 11 is 0. The number of fused-ring (bicyclic) bond motifs is 1. The number of nitrogens with one attached hydrogen (secondary N) is 1.